The van der Waals surface area contributed by atoms with Gasteiger partial charge < -0.3 is 9.45 Å². The number of alkyl halides is 3. The Labute approximate surface area is 157 Å². The average molecular weight is 404 g/mol. The maximum atomic E-state index is 12.9. The SMILES string of the molecule is O=C1CCCCCN1C1CCN([S+](=O)([O-])c2cccc(C(F)(F)F)c2)CC1. The summed E-state index contributed by atoms with van der Waals surface area (Å²) in [6.07, 6.45) is -0.195. The molecule has 2 fully saturated rings. The highest BCUT2D eigenvalue weighted by Gasteiger charge is 2.38. The van der Waals surface area contributed by atoms with Gasteiger partial charge in [0.05, 0.1) is 5.56 Å². The van der Waals surface area contributed by atoms with Crippen LogP contribution in [0.2, 0.25) is 0 Å². The summed E-state index contributed by atoms with van der Waals surface area (Å²) in [4.78, 5) is 13.7. The summed E-state index contributed by atoms with van der Waals surface area (Å²) >= 11 is 0. The molecule has 0 bridgehead atoms. The zero-order valence-corrected chi connectivity index (χ0v) is 15.7. The molecule has 1 aromatic carbocycles. The number of likely N-dealkylation sites (tertiary alicyclic amines) is 1. The molecule has 0 radical (unpaired) electrons. The van der Waals surface area contributed by atoms with Crippen molar-refractivity contribution < 1.29 is 26.7 Å². The van der Waals surface area contributed by atoms with Gasteiger partial charge in [-0.3, -0.25) is 4.79 Å². The molecule has 0 spiro atoms. The molecule has 150 valence electrons. The molecule has 1 aromatic rings. The normalized spacial score (nSPS) is 23.1. The van der Waals surface area contributed by atoms with Gasteiger partial charge in [0.2, 0.25) is 5.91 Å². The Morgan fingerprint density at radius 1 is 1.07 bits per heavy atom. The Hall–Kier alpha value is -1.45. The third kappa shape index (κ3) is 4.52. The van der Waals surface area contributed by atoms with Crippen molar-refractivity contribution >= 4 is 16.3 Å². The van der Waals surface area contributed by atoms with Crippen molar-refractivity contribution in [2.75, 3.05) is 19.6 Å². The Morgan fingerprint density at radius 3 is 2.44 bits per heavy atom. The standard InChI is InChI=1S/C18H23F3N2O3S/c19-18(20,21)14-5-4-6-16(13-14)27(25,26)22-11-8-15(9-12-22)23-10-3-1-2-7-17(23)24/h4-6,13,15H,1-3,7-12H2. The molecule has 0 aromatic heterocycles. The van der Waals surface area contributed by atoms with Crippen LogP contribution in [-0.2, 0) is 25.6 Å². The minimum absolute atomic E-state index is 0.00330. The lowest BCUT2D eigenvalue weighted by atomic mass is 10.0. The van der Waals surface area contributed by atoms with Gasteiger partial charge in [-0.2, -0.15) is 13.2 Å². The maximum absolute atomic E-state index is 12.9. The van der Waals surface area contributed by atoms with E-state index in [4.69, 9.17) is 0 Å². The van der Waals surface area contributed by atoms with Gasteiger partial charge in [0.15, 0.2) is 15.3 Å². The van der Waals surface area contributed by atoms with Crippen LogP contribution in [-0.4, -0.2) is 45.3 Å². The van der Waals surface area contributed by atoms with Crippen LogP contribution in [0.15, 0.2) is 29.2 Å². The number of carbonyl (C=O) groups excluding carboxylic acids is 1. The average Bonchev–Trinajstić information content (AvgIpc) is 2.85. The Kier molecular flexibility index (Phi) is 5.93. The van der Waals surface area contributed by atoms with Gasteiger partial charge in [0, 0.05) is 38.2 Å². The second kappa shape index (κ2) is 7.89. The third-order valence-electron chi connectivity index (χ3n) is 5.27. The van der Waals surface area contributed by atoms with Crippen molar-refractivity contribution in [3.05, 3.63) is 29.8 Å². The molecule has 5 nitrogen and oxygen atoms in total. The van der Waals surface area contributed by atoms with Crippen molar-refractivity contribution in [1.82, 2.24) is 9.21 Å². The van der Waals surface area contributed by atoms with Crippen LogP contribution in [0, 0.1) is 0 Å². The predicted octanol–water partition coefficient (Wildman–Crippen LogP) is 3.48. The lowest BCUT2D eigenvalue weighted by Gasteiger charge is -2.38. The number of hydrogen-bond donors (Lipinski definition) is 0. The van der Waals surface area contributed by atoms with Gasteiger partial charge >= 0.3 is 6.18 Å². The predicted molar refractivity (Wildman–Crippen MR) is 93.3 cm³/mol. The lowest BCUT2D eigenvalue weighted by molar-refractivity contribution is -0.137. The summed E-state index contributed by atoms with van der Waals surface area (Å²) in [5.41, 5.74) is -0.978. The number of carbonyl (C=O) groups is 1. The number of rotatable bonds is 3. The van der Waals surface area contributed by atoms with Gasteiger partial charge in [0.1, 0.15) is 0 Å². The molecule has 27 heavy (non-hydrogen) atoms. The summed E-state index contributed by atoms with van der Waals surface area (Å²) < 4.78 is 65.4. The van der Waals surface area contributed by atoms with Gasteiger partial charge in [-0.25, -0.2) is 0 Å². The number of benzene rings is 1. The van der Waals surface area contributed by atoms with Gasteiger partial charge in [0.25, 0.3) is 0 Å². The molecule has 1 amide bonds. The van der Waals surface area contributed by atoms with Crippen molar-refractivity contribution in [3.63, 3.8) is 0 Å². The van der Waals surface area contributed by atoms with Crippen LogP contribution < -0.4 is 0 Å². The molecule has 2 aliphatic rings. The highest BCUT2D eigenvalue weighted by molar-refractivity contribution is 7.95. The van der Waals surface area contributed by atoms with E-state index in [0.29, 0.717) is 31.9 Å². The first kappa shape index (κ1) is 20.3. The van der Waals surface area contributed by atoms with Gasteiger partial charge in [-0.15, -0.1) is 4.31 Å². The van der Waals surface area contributed by atoms with E-state index in [9.17, 15) is 26.7 Å². The zero-order valence-electron chi connectivity index (χ0n) is 14.9. The first-order valence-corrected chi connectivity index (χ1v) is 10.6. The van der Waals surface area contributed by atoms with Crippen LogP contribution in [0.3, 0.4) is 0 Å². The van der Waals surface area contributed by atoms with Crippen LogP contribution >= 0.6 is 0 Å². The summed E-state index contributed by atoms with van der Waals surface area (Å²) in [6.45, 7) is 1.10. The summed E-state index contributed by atoms with van der Waals surface area (Å²) in [7, 11) is -3.99. The first-order chi connectivity index (χ1) is 12.7. The molecule has 2 saturated heterocycles. The monoisotopic (exact) mass is 404 g/mol. The number of hydrogen-bond acceptors (Lipinski definition) is 3. The molecule has 0 saturated carbocycles. The van der Waals surface area contributed by atoms with Crippen LogP contribution in [0.1, 0.15) is 44.1 Å². The molecule has 3 rings (SSSR count). The maximum Gasteiger partial charge on any atom is 0.416 e. The summed E-state index contributed by atoms with van der Waals surface area (Å²) in [5, 5.41) is 0. The van der Waals surface area contributed by atoms with Crippen molar-refractivity contribution in [3.8, 4) is 0 Å². The number of halogens is 3. The Morgan fingerprint density at radius 2 is 1.78 bits per heavy atom. The fraction of sp³-hybridized carbons (Fsp3) is 0.611. The van der Waals surface area contributed by atoms with Crippen LogP contribution in [0.4, 0.5) is 13.2 Å². The van der Waals surface area contributed by atoms with Crippen molar-refractivity contribution in [1.29, 1.82) is 0 Å². The van der Waals surface area contributed by atoms with Crippen LogP contribution in [0.5, 0.6) is 0 Å². The van der Waals surface area contributed by atoms with E-state index in [1.807, 2.05) is 4.90 Å². The second-order valence-corrected chi connectivity index (χ2v) is 9.00. The third-order valence-corrected chi connectivity index (χ3v) is 7.17. The molecule has 0 N–H and O–H groups in total. The molecule has 1 unspecified atom stereocenters. The van der Waals surface area contributed by atoms with E-state index in [1.54, 1.807) is 0 Å². The lowest BCUT2D eigenvalue weighted by Crippen LogP contribution is -2.50. The first-order valence-electron chi connectivity index (χ1n) is 9.16. The summed E-state index contributed by atoms with van der Waals surface area (Å²) in [6, 6.07) is 3.84. The van der Waals surface area contributed by atoms with E-state index >= 15 is 0 Å². The number of amides is 1. The zero-order chi connectivity index (χ0) is 19.7. The highest BCUT2D eigenvalue weighted by Crippen LogP contribution is 2.33. The van der Waals surface area contributed by atoms with E-state index < -0.39 is 22.1 Å². The molecule has 1 atom stereocenters. The quantitative estimate of drug-likeness (QED) is 0.725. The van der Waals surface area contributed by atoms with Crippen LogP contribution in [0.25, 0.3) is 0 Å². The molecular formula is C18H23F3N2O3S. The van der Waals surface area contributed by atoms with E-state index in [0.717, 1.165) is 31.4 Å². The highest BCUT2D eigenvalue weighted by atomic mass is 32.3. The molecular weight excluding hydrogens is 381 g/mol. The van der Waals surface area contributed by atoms with Gasteiger partial charge in [-0.1, -0.05) is 16.7 Å². The van der Waals surface area contributed by atoms with Crippen molar-refractivity contribution in [2.45, 2.75) is 55.6 Å². The Balaban J connectivity index is 1.69. The fourth-order valence-electron chi connectivity index (χ4n) is 3.77. The van der Waals surface area contributed by atoms with Crippen molar-refractivity contribution in [2.24, 2.45) is 0 Å². The molecule has 2 heterocycles. The van der Waals surface area contributed by atoms with E-state index in [2.05, 4.69) is 0 Å². The molecule has 9 heteroatoms. The summed E-state index contributed by atoms with van der Waals surface area (Å²) in [5.74, 6) is 0.117. The van der Waals surface area contributed by atoms with E-state index in [1.165, 1.54) is 10.4 Å². The number of sulfonamides is 1. The largest absolute Gasteiger partial charge is 0.593 e. The topological polar surface area (TPSA) is 63.7 Å². The van der Waals surface area contributed by atoms with E-state index in [-0.39, 0.29) is 29.9 Å². The minimum Gasteiger partial charge on any atom is -0.593 e. The smallest absolute Gasteiger partial charge is 0.416 e. The fourth-order valence-corrected chi connectivity index (χ4v) is 5.28. The Bertz CT molecular complexity index is 733. The minimum atomic E-state index is -4.59. The molecule has 0 aliphatic carbocycles. The second-order valence-electron chi connectivity index (χ2n) is 7.06. The van der Waals surface area contributed by atoms with Gasteiger partial charge in [-0.05, 0) is 37.8 Å². The molecule has 2 aliphatic heterocycles. The number of piperidine rings is 1. The number of nitrogens with zero attached hydrogens (tertiary/aromatic N) is 2.